The molecule has 1 saturated heterocycles. The van der Waals surface area contributed by atoms with Crippen LogP contribution < -0.4 is 4.90 Å². The van der Waals surface area contributed by atoms with Crippen molar-refractivity contribution in [2.45, 2.75) is 31.5 Å². The summed E-state index contributed by atoms with van der Waals surface area (Å²) in [5.74, 6) is 0. The summed E-state index contributed by atoms with van der Waals surface area (Å²) in [7, 11) is 1.75. The Labute approximate surface area is 108 Å². The van der Waals surface area contributed by atoms with Crippen LogP contribution in [-0.4, -0.2) is 31.3 Å². The normalized spacial score (nSPS) is 21.0. The number of halogens is 3. The van der Waals surface area contributed by atoms with Gasteiger partial charge in [0.2, 0.25) is 0 Å². The minimum Gasteiger partial charge on any atom is -0.376 e. The number of nitrogens with zero attached hydrogens (tertiary/aromatic N) is 2. The van der Waals surface area contributed by atoms with Gasteiger partial charge in [0.25, 0.3) is 0 Å². The van der Waals surface area contributed by atoms with E-state index < -0.39 is 11.1 Å². The maximum Gasteiger partial charge on any atom is 0.427 e. The minimum absolute atomic E-state index is 0.0991. The quantitative estimate of drug-likeness (QED) is 0.850. The number of hydrogen-bond acceptors (Lipinski definition) is 4. The van der Waals surface area contributed by atoms with E-state index in [1.165, 1.54) is 0 Å². The molecule has 0 N–H and O–H groups in total. The van der Waals surface area contributed by atoms with Crippen LogP contribution in [0, 0.1) is 0 Å². The molecule has 18 heavy (non-hydrogen) atoms. The molecule has 3 nitrogen and oxygen atoms in total. The summed E-state index contributed by atoms with van der Waals surface area (Å²) in [6.07, 6.45) is -0.181. The molecule has 2 heterocycles. The molecular weight excluding hydrogens is 265 g/mol. The fourth-order valence-electron chi connectivity index (χ4n) is 1.91. The largest absolute Gasteiger partial charge is 0.427 e. The van der Waals surface area contributed by atoms with Gasteiger partial charge in [-0.25, -0.2) is 4.98 Å². The van der Waals surface area contributed by atoms with E-state index >= 15 is 0 Å². The van der Waals surface area contributed by atoms with E-state index in [-0.39, 0.29) is 6.10 Å². The Morgan fingerprint density at radius 2 is 2.28 bits per heavy atom. The van der Waals surface area contributed by atoms with Gasteiger partial charge in [-0.15, -0.1) is 0 Å². The van der Waals surface area contributed by atoms with Gasteiger partial charge in [0, 0.05) is 20.2 Å². The number of hydrogen-bond donors (Lipinski definition) is 0. The third-order valence-electron chi connectivity index (χ3n) is 2.85. The first-order valence-electron chi connectivity index (χ1n) is 5.82. The number of anilines is 1. The van der Waals surface area contributed by atoms with E-state index in [1.54, 1.807) is 11.9 Å². The van der Waals surface area contributed by atoms with E-state index in [0.29, 0.717) is 23.0 Å². The Bertz CT molecular complexity index is 388. The number of likely N-dealkylation sites (N-methyl/N-ethyl adjacent to an activating group) is 1. The average Bonchev–Trinajstić information content (AvgIpc) is 2.79. The van der Waals surface area contributed by atoms with Gasteiger partial charge in [-0.3, -0.25) is 0 Å². The zero-order chi connectivity index (χ0) is 13.2. The van der Waals surface area contributed by atoms with Crippen molar-refractivity contribution in [3.8, 4) is 0 Å². The monoisotopic (exact) mass is 280 g/mol. The molecular formula is C11H15F3N2OS. The van der Waals surface area contributed by atoms with Crippen LogP contribution in [0.1, 0.15) is 24.1 Å². The lowest BCUT2D eigenvalue weighted by Crippen LogP contribution is -2.33. The first-order chi connectivity index (χ1) is 8.47. The van der Waals surface area contributed by atoms with Crippen LogP contribution in [0.5, 0.6) is 0 Å². The molecule has 1 atom stereocenters. The molecule has 0 radical (unpaired) electrons. The second-order valence-corrected chi connectivity index (χ2v) is 5.38. The van der Waals surface area contributed by atoms with Crippen molar-refractivity contribution in [1.82, 2.24) is 4.98 Å². The highest BCUT2D eigenvalue weighted by Crippen LogP contribution is 2.36. The summed E-state index contributed by atoms with van der Waals surface area (Å²) in [6, 6.07) is 0. The molecule has 0 aliphatic carbocycles. The third kappa shape index (κ3) is 3.35. The first kappa shape index (κ1) is 13.6. The highest BCUT2D eigenvalue weighted by Gasteiger charge is 2.33. The van der Waals surface area contributed by atoms with Crippen molar-refractivity contribution in [2.24, 2.45) is 0 Å². The maximum atomic E-state index is 12.5. The lowest BCUT2D eigenvalue weighted by Gasteiger charge is -2.27. The van der Waals surface area contributed by atoms with Gasteiger partial charge < -0.3 is 9.64 Å². The number of rotatable bonds is 3. The molecule has 0 bridgehead atoms. The van der Waals surface area contributed by atoms with Crippen LogP contribution in [0.25, 0.3) is 0 Å². The predicted octanol–water partition coefficient (Wildman–Crippen LogP) is 3.17. The predicted molar refractivity (Wildman–Crippen MR) is 64.0 cm³/mol. The summed E-state index contributed by atoms with van der Waals surface area (Å²) in [4.78, 5) is 4.89. The number of ether oxygens (including phenoxy) is 1. The fourth-order valence-corrected chi connectivity index (χ4v) is 2.66. The van der Waals surface area contributed by atoms with Crippen molar-refractivity contribution in [3.05, 3.63) is 11.1 Å². The maximum absolute atomic E-state index is 12.5. The standard InChI is InChI=1S/C11H15F3N2OS/c1-16(7-8-4-2-3-5-17-8)10-15-6-9(18-10)11(12,13)14/h6,8H,2-5,7H2,1H3. The zero-order valence-corrected chi connectivity index (χ0v) is 10.9. The Morgan fingerprint density at radius 3 is 2.83 bits per heavy atom. The fraction of sp³-hybridized carbons (Fsp3) is 0.727. The van der Waals surface area contributed by atoms with Crippen LogP contribution in [0.3, 0.4) is 0 Å². The van der Waals surface area contributed by atoms with E-state index in [1.807, 2.05) is 0 Å². The molecule has 1 fully saturated rings. The number of thiazole rings is 1. The van der Waals surface area contributed by atoms with Gasteiger partial charge in [0.05, 0.1) is 12.3 Å². The highest BCUT2D eigenvalue weighted by molar-refractivity contribution is 7.15. The molecule has 0 saturated carbocycles. The smallest absolute Gasteiger partial charge is 0.376 e. The molecule has 1 aromatic rings. The van der Waals surface area contributed by atoms with Gasteiger partial charge in [-0.2, -0.15) is 13.2 Å². The van der Waals surface area contributed by atoms with Crippen molar-refractivity contribution in [1.29, 1.82) is 0 Å². The van der Waals surface area contributed by atoms with E-state index in [0.717, 1.165) is 32.1 Å². The molecule has 0 aromatic carbocycles. The van der Waals surface area contributed by atoms with Crippen molar-refractivity contribution in [2.75, 3.05) is 25.1 Å². The van der Waals surface area contributed by atoms with Crippen molar-refractivity contribution >= 4 is 16.5 Å². The highest BCUT2D eigenvalue weighted by atomic mass is 32.1. The zero-order valence-electron chi connectivity index (χ0n) is 10.0. The second-order valence-electron chi connectivity index (χ2n) is 4.37. The lowest BCUT2D eigenvalue weighted by molar-refractivity contribution is -0.134. The molecule has 1 aliphatic heterocycles. The van der Waals surface area contributed by atoms with Crippen LogP contribution in [0.15, 0.2) is 6.20 Å². The first-order valence-corrected chi connectivity index (χ1v) is 6.64. The van der Waals surface area contributed by atoms with Crippen LogP contribution >= 0.6 is 11.3 Å². The SMILES string of the molecule is CN(CC1CCCCO1)c1ncc(C(F)(F)F)s1. The Kier molecular flexibility index (Phi) is 4.11. The molecule has 1 aromatic heterocycles. The van der Waals surface area contributed by atoms with E-state index in [2.05, 4.69) is 4.98 Å². The summed E-state index contributed by atoms with van der Waals surface area (Å²) in [6.45, 7) is 1.33. The van der Waals surface area contributed by atoms with Gasteiger partial charge in [-0.1, -0.05) is 11.3 Å². The third-order valence-corrected chi connectivity index (χ3v) is 4.01. The Morgan fingerprint density at radius 1 is 1.50 bits per heavy atom. The van der Waals surface area contributed by atoms with E-state index in [9.17, 15) is 13.2 Å². The topological polar surface area (TPSA) is 25.4 Å². The number of aromatic nitrogens is 1. The molecule has 1 aliphatic rings. The molecule has 102 valence electrons. The lowest BCUT2D eigenvalue weighted by atomic mass is 10.1. The van der Waals surface area contributed by atoms with Crippen molar-refractivity contribution in [3.63, 3.8) is 0 Å². The van der Waals surface area contributed by atoms with Gasteiger partial charge in [0.15, 0.2) is 5.13 Å². The molecule has 1 unspecified atom stereocenters. The van der Waals surface area contributed by atoms with Crippen LogP contribution in [0.2, 0.25) is 0 Å². The molecule has 0 amide bonds. The minimum atomic E-state index is -4.31. The second kappa shape index (κ2) is 5.44. The van der Waals surface area contributed by atoms with Gasteiger partial charge >= 0.3 is 6.18 Å². The Balaban J connectivity index is 1.96. The average molecular weight is 280 g/mol. The van der Waals surface area contributed by atoms with Gasteiger partial charge in [-0.05, 0) is 19.3 Å². The summed E-state index contributed by atoms with van der Waals surface area (Å²) >= 11 is 0.671. The summed E-state index contributed by atoms with van der Waals surface area (Å²) < 4.78 is 42.9. The Hall–Kier alpha value is -0.820. The van der Waals surface area contributed by atoms with Crippen molar-refractivity contribution < 1.29 is 17.9 Å². The van der Waals surface area contributed by atoms with Crippen LogP contribution in [-0.2, 0) is 10.9 Å². The molecule has 0 spiro atoms. The molecule has 7 heteroatoms. The molecule has 2 rings (SSSR count). The van der Waals surface area contributed by atoms with Gasteiger partial charge in [0.1, 0.15) is 4.88 Å². The van der Waals surface area contributed by atoms with E-state index in [4.69, 9.17) is 4.74 Å². The summed E-state index contributed by atoms with van der Waals surface area (Å²) in [5, 5.41) is 0.386. The van der Waals surface area contributed by atoms with Crippen LogP contribution in [0.4, 0.5) is 18.3 Å². The number of alkyl halides is 3. The summed E-state index contributed by atoms with van der Waals surface area (Å²) in [5.41, 5.74) is 0.